The average Bonchev–Trinajstić information content (AvgIpc) is 3.30. The number of amides is 2. The highest BCUT2D eigenvalue weighted by Crippen LogP contribution is 2.39. The summed E-state index contributed by atoms with van der Waals surface area (Å²) in [6.07, 6.45) is 1.49. The summed E-state index contributed by atoms with van der Waals surface area (Å²) >= 11 is 1.44. The van der Waals surface area contributed by atoms with E-state index >= 15 is 0 Å². The van der Waals surface area contributed by atoms with Crippen LogP contribution in [0, 0.1) is 0 Å². The Morgan fingerprint density at radius 3 is 2.66 bits per heavy atom. The fourth-order valence-corrected chi connectivity index (χ4v) is 4.40. The molecule has 6 nitrogen and oxygen atoms in total. The molecule has 4 rings (SSSR count). The van der Waals surface area contributed by atoms with E-state index in [4.69, 9.17) is 4.74 Å². The Morgan fingerprint density at radius 1 is 1.10 bits per heavy atom. The van der Waals surface area contributed by atoms with Crippen LogP contribution in [0.1, 0.15) is 40.2 Å². The predicted octanol–water partition coefficient (Wildman–Crippen LogP) is 4.46. The zero-order valence-electron chi connectivity index (χ0n) is 16.0. The van der Waals surface area contributed by atoms with Gasteiger partial charge in [0.1, 0.15) is 5.75 Å². The van der Waals surface area contributed by atoms with Gasteiger partial charge in [-0.05, 0) is 44.0 Å². The van der Waals surface area contributed by atoms with E-state index in [1.807, 2.05) is 49.4 Å². The summed E-state index contributed by atoms with van der Waals surface area (Å²) in [5.41, 5.74) is 1.98. The summed E-state index contributed by atoms with van der Waals surface area (Å²) in [7, 11) is 0. The maximum atomic E-state index is 12.9. The number of rotatable bonds is 6. The maximum Gasteiger partial charge on any atom is 0.257 e. The third-order valence-corrected chi connectivity index (χ3v) is 5.78. The number of carbonyl (C=O) groups excluding carboxylic acids is 2. The number of thiazole rings is 1. The van der Waals surface area contributed by atoms with Gasteiger partial charge in [-0.1, -0.05) is 30.3 Å². The Labute approximate surface area is 172 Å². The predicted molar refractivity (Wildman–Crippen MR) is 114 cm³/mol. The molecule has 1 heterocycles. The number of aromatic nitrogens is 1. The first-order chi connectivity index (χ1) is 14.2. The van der Waals surface area contributed by atoms with E-state index in [1.54, 1.807) is 12.1 Å². The molecule has 7 heteroatoms. The number of ether oxygens (including phenoxy) is 1. The molecule has 0 saturated carbocycles. The molecule has 1 unspecified atom stereocenters. The molecule has 0 aliphatic heterocycles. The van der Waals surface area contributed by atoms with Gasteiger partial charge in [0.25, 0.3) is 5.91 Å². The van der Waals surface area contributed by atoms with E-state index in [0.29, 0.717) is 35.2 Å². The highest BCUT2D eigenvalue weighted by atomic mass is 32.1. The molecule has 29 heavy (non-hydrogen) atoms. The molecule has 148 valence electrons. The summed E-state index contributed by atoms with van der Waals surface area (Å²) < 4.78 is 5.58. The van der Waals surface area contributed by atoms with Gasteiger partial charge in [-0.15, -0.1) is 11.3 Å². The van der Waals surface area contributed by atoms with Gasteiger partial charge in [-0.2, -0.15) is 0 Å². The zero-order valence-corrected chi connectivity index (χ0v) is 16.8. The van der Waals surface area contributed by atoms with E-state index in [0.717, 1.165) is 17.0 Å². The van der Waals surface area contributed by atoms with Crippen molar-refractivity contribution in [2.24, 2.45) is 0 Å². The van der Waals surface area contributed by atoms with Crippen LogP contribution in [0.3, 0.4) is 0 Å². The standard InChI is InChI=1S/C22H21N3O3S/c1-2-28-17-11-7-6-10-16(17)23-21(27)15-12-13-18-19(15)24-22(29-18)25-20(26)14-8-4-3-5-9-14/h3-11,15H,2,12-13H2,1H3,(H,23,27)(H,24,25,26). The molecule has 2 aromatic carbocycles. The van der Waals surface area contributed by atoms with Crippen molar-refractivity contribution in [3.63, 3.8) is 0 Å². The van der Waals surface area contributed by atoms with Gasteiger partial charge in [0.2, 0.25) is 5.91 Å². The van der Waals surface area contributed by atoms with Crippen molar-refractivity contribution in [1.29, 1.82) is 0 Å². The number of aryl methyl sites for hydroxylation is 1. The highest BCUT2D eigenvalue weighted by molar-refractivity contribution is 7.16. The van der Waals surface area contributed by atoms with Crippen molar-refractivity contribution >= 4 is 34.0 Å². The number of nitrogens with zero attached hydrogens (tertiary/aromatic N) is 1. The third kappa shape index (κ3) is 4.14. The quantitative estimate of drug-likeness (QED) is 0.632. The van der Waals surface area contributed by atoms with E-state index in [-0.39, 0.29) is 17.7 Å². The van der Waals surface area contributed by atoms with Crippen molar-refractivity contribution in [1.82, 2.24) is 4.98 Å². The van der Waals surface area contributed by atoms with Crippen LogP contribution in [0.4, 0.5) is 10.8 Å². The van der Waals surface area contributed by atoms with Crippen LogP contribution < -0.4 is 15.4 Å². The number of nitrogens with one attached hydrogen (secondary N) is 2. The average molecular weight is 407 g/mol. The molecule has 1 aromatic heterocycles. The normalized spacial score (nSPS) is 14.9. The van der Waals surface area contributed by atoms with Crippen LogP contribution >= 0.6 is 11.3 Å². The monoisotopic (exact) mass is 407 g/mol. The van der Waals surface area contributed by atoms with Gasteiger partial charge in [0.05, 0.1) is 23.9 Å². The minimum atomic E-state index is -0.335. The molecule has 1 aliphatic rings. The number of benzene rings is 2. The first-order valence-electron chi connectivity index (χ1n) is 9.54. The molecule has 1 atom stereocenters. The van der Waals surface area contributed by atoms with E-state index in [2.05, 4.69) is 15.6 Å². The lowest BCUT2D eigenvalue weighted by Crippen LogP contribution is -2.20. The van der Waals surface area contributed by atoms with Crippen LogP contribution in [0.15, 0.2) is 54.6 Å². The van der Waals surface area contributed by atoms with Gasteiger partial charge >= 0.3 is 0 Å². The molecule has 0 radical (unpaired) electrons. The Balaban J connectivity index is 1.47. The summed E-state index contributed by atoms with van der Waals surface area (Å²) in [5.74, 6) is 0.000720. The number of hydrogen-bond acceptors (Lipinski definition) is 5. The van der Waals surface area contributed by atoms with Crippen molar-refractivity contribution in [3.8, 4) is 5.75 Å². The lowest BCUT2D eigenvalue weighted by atomic mass is 10.1. The third-order valence-electron chi connectivity index (χ3n) is 4.74. The molecule has 3 aromatic rings. The lowest BCUT2D eigenvalue weighted by Gasteiger charge is -2.14. The first kappa shape index (κ1) is 19.1. The lowest BCUT2D eigenvalue weighted by molar-refractivity contribution is -0.117. The van der Waals surface area contributed by atoms with Gasteiger partial charge in [0.15, 0.2) is 5.13 Å². The molecular weight excluding hydrogens is 386 g/mol. The van der Waals surface area contributed by atoms with Crippen LogP contribution in [-0.2, 0) is 11.2 Å². The van der Waals surface area contributed by atoms with Crippen molar-refractivity contribution in [3.05, 3.63) is 70.7 Å². The van der Waals surface area contributed by atoms with E-state index < -0.39 is 0 Å². The molecule has 0 fully saturated rings. The van der Waals surface area contributed by atoms with Crippen LogP contribution in [0.2, 0.25) is 0 Å². The largest absolute Gasteiger partial charge is 0.492 e. The minimum Gasteiger partial charge on any atom is -0.492 e. The van der Waals surface area contributed by atoms with Crippen LogP contribution in [0.25, 0.3) is 0 Å². The molecule has 0 saturated heterocycles. The van der Waals surface area contributed by atoms with Gasteiger partial charge in [-0.25, -0.2) is 4.98 Å². The summed E-state index contributed by atoms with van der Waals surface area (Å²) in [6.45, 7) is 2.43. The zero-order chi connectivity index (χ0) is 20.2. The van der Waals surface area contributed by atoms with E-state index in [9.17, 15) is 9.59 Å². The van der Waals surface area contributed by atoms with Gasteiger partial charge in [-0.3, -0.25) is 14.9 Å². The fourth-order valence-electron chi connectivity index (χ4n) is 3.37. The summed E-state index contributed by atoms with van der Waals surface area (Å²) in [5, 5.41) is 6.33. The van der Waals surface area contributed by atoms with Crippen LogP contribution in [0.5, 0.6) is 5.75 Å². The molecule has 0 bridgehead atoms. The highest BCUT2D eigenvalue weighted by Gasteiger charge is 2.33. The second-order valence-electron chi connectivity index (χ2n) is 6.66. The second-order valence-corrected chi connectivity index (χ2v) is 7.74. The van der Waals surface area contributed by atoms with Crippen molar-refractivity contribution in [2.75, 3.05) is 17.2 Å². The molecule has 0 spiro atoms. The Kier molecular flexibility index (Phi) is 5.57. The molecule has 1 aliphatic carbocycles. The fraction of sp³-hybridized carbons (Fsp3) is 0.227. The van der Waals surface area contributed by atoms with E-state index in [1.165, 1.54) is 11.3 Å². The number of anilines is 2. The van der Waals surface area contributed by atoms with Crippen molar-refractivity contribution < 1.29 is 14.3 Å². The molecule has 2 amide bonds. The van der Waals surface area contributed by atoms with Crippen LogP contribution in [-0.4, -0.2) is 23.4 Å². The molecule has 2 N–H and O–H groups in total. The summed E-state index contributed by atoms with van der Waals surface area (Å²) in [6, 6.07) is 16.4. The molecular formula is C22H21N3O3S. The Morgan fingerprint density at radius 2 is 1.86 bits per heavy atom. The number of fused-ring (bicyclic) bond motifs is 1. The first-order valence-corrected chi connectivity index (χ1v) is 10.4. The minimum absolute atomic E-state index is 0.109. The summed E-state index contributed by atoms with van der Waals surface area (Å²) in [4.78, 5) is 30.9. The Bertz CT molecular complexity index is 1030. The van der Waals surface area contributed by atoms with Gasteiger partial charge in [0, 0.05) is 10.4 Å². The number of hydrogen-bond donors (Lipinski definition) is 2. The topological polar surface area (TPSA) is 80.3 Å². The van der Waals surface area contributed by atoms with Gasteiger partial charge < -0.3 is 10.1 Å². The smallest absolute Gasteiger partial charge is 0.257 e. The number of carbonyl (C=O) groups is 2. The Hall–Kier alpha value is -3.19. The second kappa shape index (κ2) is 8.45. The SMILES string of the molecule is CCOc1ccccc1NC(=O)C1CCc2sc(NC(=O)c3ccccc3)nc21. The number of para-hydroxylation sites is 2. The maximum absolute atomic E-state index is 12.9. The van der Waals surface area contributed by atoms with Crippen molar-refractivity contribution in [2.45, 2.75) is 25.7 Å².